The number of rotatable bonds is 8. The summed E-state index contributed by atoms with van der Waals surface area (Å²) in [7, 11) is 0. The first-order valence-corrected chi connectivity index (χ1v) is 10.4. The first kappa shape index (κ1) is 19.8. The number of carbonyl (C=O) groups excluding carboxylic acids is 2. The van der Waals surface area contributed by atoms with Crippen molar-refractivity contribution in [2.45, 2.75) is 17.7 Å². The van der Waals surface area contributed by atoms with Crippen molar-refractivity contribution in [2.75, 3.05) is 16.4 Å². The van der Waals surface area contributed by atoms with Crippen LogP contribution in [-0.2, 0) is 11.2 Å². The molecule has 144 valence electrons. The maximum atomic E-state index is 12.1. The summed E-state index contributed by atoms with van der Waals surface area (Å²) in [6.45, 7) is 2.11. The number of aromatic nitrogens is 2. The number of anilines is 3. The zero-order valence-electron chi connectivity index (χ0n) is 15.1. The molecule has 0 unspecified atom stereocenters. The third-order valence-corrected chi connectivity index (χ3v) is 5.77. The van der Waals surface area contributed by atoms with Crippen LogP contribution >= 0.6 is 23.1 Å². The molecule has 0 aliphatic rings. The van der Waals surface area contributed by atoms with E-state index in [1.807, 2.05) is 12.1 Å². The summed E-state index contributed by atoms with van der Waals surface area (Å²) < 4.78 is 0.701. The second-order valence-electron chi connectivity index (χ2n) is 5.83. The van der Waals surface area contributed by atoms with E-state index in [-0.39, 0.29) is 11.7 Å². The Bertz CT molecular complexity index is 955. The van der Waals surface area contributed by atoms with Crippen molar-refractivity contribution >= 4 is 51.4 Å². The molecule has 0 bridgehead atoms. The quantitative estimate of drug-likeness (QED) is 0.486. The molecule has 1 heterocycles. The number of primary amides is 1. The number of amides is 2. The number of aryl methyl sites for hydroxylation is 1. The molecule has 7 nitrogen and oxygen atoms in total. The molecule has 0 aliphatic heterocycles. The zero-order valence-corrected chi connectivity index (χ0v) is 16.8. The van der Waals surface area contributed by atoms with Gasteiger partial charge in [0.1, 0.15) is 0 Å². The molecule has 2 amide bonds. The van der Waals surface area contributed by atoms with Gasteiger partial charge in [0, 0.05) is 16.9 Å². The predicted octanol–water partition coefficient (Wildman–Crippen LogP) is 3.67. The minimum atomic E-state index is -0.504. The summed E-state index contributed by atoms with van der Waals surface area (Å²) in [4.78, 5) is 23.1. The fourth-order valence-electron chi connectivity index (χ4n) is 2.31. The lowest BCUT2D eigenvalue weighted by atomic mass is 10.1. The van der Waals surface area contributed by atoms with Gasteiger partial charge in [-0.15, -0.1) is 10.2 Å². The van der Waals surface area contributed by atoms with Crippen LogP contribution in [0.4, 0.5) is 16.5 Å². The van der Waals surface area contributed by atoms with E-state index in [0.29, 0.717) is 20.7 Å². The van der Waals surface area contributed by atoms with Crippen molar-refractivity contribution in [3.05, 3.63) is 59.7 Å². The summed E-state index contributed by atoms with van der Waals surface area (Å²) >= 11 is 2.70. The molecule has 0 spiro atoms. The average Bonchev–Trinajstić information content (AvgIpc) is 3.15. The maximum absolute atomic E-state index is 12.1. The van der Waals surface area contributed by atoms with Gasteiger partial charge in [-0.1, -0.05) is 42.2 Å². The van der Waals surface area contributed by atoms with Gasteiger partial charge in [-0.3, -0.25) is 9.59 Å². The van der Waals surface area contributed by atoms with Gasteiger partial charge < -0.3 is 16.4 Å². The minimum Gasteiger partial charge on any atom is -0.366 e. The lowest BCUT2D eigenvalue weighted by Gasteiger charge is -2.04. The Balaban J connectivity index is 1.49. The number of nitrogens with zero attached hydrogens (tertiary/aromatic N) is 2. The molecule has 0 saturated heterocycles. The molecule has 0 radical (unpaired) electrons. The van der Waals surface area contributed by atoms with Gasteiger partial charge in [-0.25, -0.2) is 0 Å². The summed E-state index contributed by atoms with van der Waals surface area (Å²) in [6, 6.07) is 14.6. The van der Waals surface area contributed by atoms with Crippen LogP contribution in [0.1, 0.15) is 22.8 Å². The molecule has 2 aromatic carbocycles. The van der Waals surface area contributed by atoms with Crippen molar-refractivity contribution in [2.24, 2.45) is 5.73 Å². The molecule has 3 aromatic rings. The number of hydrogen-bond donors (Lipinski definition) is 3. The molecule has 0 saturated carbocycles. The number of nitrogens with one attached hydrogen (secondary N) is 2. The molecular formula is C19H19N5O2S2. The molecule has 0 fully saturated rings. The Morgan fingerprint density at radius 2 is 1.71 bits per heavy atom. The Kier molecular flexibility index (Phi) is 6.62. The summed E-state index contributed by atoms with van der Waals surface area (Å²) in [6.07, 6.45) is 0.997. The van der Waals surface area contributed by atoms with Gasteiger partial charge in [0.15, 0.2) is 4.34 Å². The number of carbonyl (C=O) groups is 2. The van der Waals surface area contributed by atoms with Crippen LogP contribution in [0.15, 0.2) is 52.9 Å². The van der Waals surface area contributed by atoms with E-state index < -0.39 is 5.91 Å². The standard InChI is InChI=1S/C19H19N5O2S2/c1-2-12-3-7-15(8-4-12)22-18-23-24-19(28-18)27-11-16(25)21-14-9-5-13(6-10-14)17(20)26/h3-10H,2,11H2,1H3,(H2,20,26)(H,21,25)(H,22,23). The monoisotopic (exact) mass is 413 g/mol. The highest BCUT2D eigenvalue weighted by Crippen LogP contribution is 2.27. The maximum Gasteiger partial charge on any atom is 0.248 e. The van der Waals surface area contributed by atoms with E-state index in [9.17, 15) is 9.59 Å². The van der Waals surface area contributed by atoms with Gasteiger partial charge in [0.2, 0.25) is 16.9 Å². The van der Waals surface area contributed by atoms with Crippen LogP contribution in [0.3, 0.4) is 0 Å². The van der Waals surface area contributed by atoms with E-state index in [2.05, 4.69) is 39.9 Å². The summed E-state index contributed by atoms with van der Waals surface area (Å²) in [5.74, 6) is -0.468. The van der Waals surface area contributed by atoms with Gasteiger partial charge in [0.25, 0.3) is 0 Å². The van der Waals surface area contributed by atoms with Crippen LogP contribution in [0, 0.1) is 0 Å². The molecule has 0 aliphatic carbocycles. The van der Waals surface area contributed by atoms with Gasteiger partial charge in [-0.05, 0) is 48.4 Å². The summed E-state index contributed by atoms with van der Waals surface area (Å²) in [5.41, 5.74) is 8.41. The van der Waals surface area contributed by atoms with Crippen molar-refractivity contribution in [1.29, 1.82) is 0 Å². The number of hydrogen-bond acceptors (Lipinski definition) is 7. The first-order valence-electron chi connectivity index (χ1n) is 8.55. The predicted molar refractivity (Wildman–Crippen MR) is 113 cm³/mol. The smallest absolute Gasteiger partial charge is 0.248 e. The molecule has 3 rings (SSSR count). The second-order valence-corrected chi connectivity index (χ2v) is 8.03. The number of nitrogens with two attached hydrogens (primary N) is 1. The Morgan fingerprint density at radius 3 is 2.36 bits per heavy atom. The first-order chi connectivity index (χ1) is 13.5. The highest BCUT2D eigenvalue weighted by Gasteiger charge is 2.09. The lowest BCUT2D eigenvalue weighted by Crippen LogP contribution is -2.14. The molecule has 4 N–H and O–H groups in total. The minimum absolute atomic E-state index is 0.170. The van der Waals surface area contributed by atoms with Crippen molar-refractivity contribution < 1.29 is 9.59 Å². The molecule has 28 heavy (non-hydrogen) atoms. The highest BCUT2D eigenvalue weighted by molar-refractivity contribution is 8.01. The second kappa shape index (κ2) is 9.34. The highest BCUT2D eigenvalue weighted by atomic mass is 32.2. The lowest BCUT2D eigenvalue weighted by molar-refractivity contribution is -0.113. The Hall–Kier alpha value is -2.91. The molecular weight excluding hydrogens is 394 g/mol. The zero-order chi connectivity index (χ0) is 19.9. The van der Waals surface area contributed by atoms with Crippen LogP contribution in [0.25, 0.3) is 0 Å². The van der Waals surface area contributed by atoms with Crippen molar-refractivity contribution in [1.82, 2.24) is 10.2 Å². The molecule has 1 aromatic heterocycles. The summed E-state index contributed by atoms with van der Waals surface area (Å²) in [5, 5.41) is 14.8. The fraction of sp³-hybridized carbons (Fsp3) is 0.158. The van der Waals surface area contributed by atoms with Gasteiger partial charge >= 0.3 is 0 Å². The van der Waals surface area contributed by atoms with Gasteiger partial charge in [0.05, 0.1) is 5.75 Å². The van der Waals surface area contributed by atoms with E-state index in [1.165, 1.54) is 28.7 Å². The van der Waals surface area contributed by atoms with Crippen LogP contribution < -0.4 is 16.4 Å². The third kappa shape index (κ3) is 5.54. The molecule has 9 heteroatoms. The largest absolute Gasteiger partial charge is 0.366 e. The van der Waals surface area contributed by atoms with Crippen LogP contribution in [0.2, 0.25) is 0 Å². The Morgan fingerprint density at radius 1 is 1.04 bits per heavy atom. The van der Waals surface area contributed by atoms with E-state index in [0.717, 1.165) is 12.1 Å². The number of thioether (sulfide) groups is 1. The topological polar surface area (TPSA) is 110 Å². The normalized spacial score (nSPS) is 10.5. The van der Waals surface area contributed by atoms with E-state index in [4.69, 9.17) is 5.73 Å². The average molecular weight is 414 g/mol. The van der Waals surface area contributed by atoms with Crippen LogP contribution in [-0.4, -0.2) is 27.8 Å². The fourth-order valence-corrected chi connectivity index (χ4v) is 3.88. The van der Waals surface area contributed by atoms with Crippen molar-refractivity contribution in [3.63, 3.8) is 0 Å². The SMILES string of the molecule is CCc1ccc(Nc2nnc(SCC(=O)Nc3ccc(C(N)=O)cc3)s2)cc1. The van der Waals surface area contributed by atoms with Gasteiger partial charge in [-0.2, -0.15) is 0 Å². The third-order valence-electron chi connectivity index (χ3n) is 3.80. The van der Waals surface area contributed by atoms with Crippen LogP contribution in [0.5, 0.6) is 0 Å². The number of benzene rings is 2. The molecule has 0 atom stereocenters. The van der Waals surface area contributed by atoms with E-state index >= 15 is 0 Å². The Labute approximate surface area is 170 Å². The van der Waals surface area contributed by atoms with E-state index in [1.54, 1.807) is 24.3 Å². The van der Waals surface area contributed by atoms with Crippen molar-refractivity contribution in [3.8, 4) is 0 Å².